The van der Waals surface area contributed by atoms with E-state index in [2.05, 4.69) is 5.32 Å². The van der Waals surface area contributed by atoms with Crippen molar-refractivity contribution in [2.24, 2.45) is 0 Å². The van der Waals surface area contributed by atoms with Gasteiger partial charge in [0.15, 0.2) is 0 Å². The average Bonchev–Trinajstić information content (AvgIpc) is 2.06. The van der Waals surface area contributed by atoms with Crippen molar-refractivity contribution in [3.05, 3.63) is 5.21 Å². The minimum absolute atomic E-state index is 0.373. The van der Waals surface area contributed by atoms with Crippen LogP contribution in [0.4, 0.5) is 0 Å². The Labute approximate surface area is 67.3 Å². The van der Waals surface area contributed by atoms with E-state index in [0.29, 0.717) is 17.1 Å². The number of fused-ring (bicyclic) bond motifs is 1. The smallest absolute Gasteiger partial charge is 0.103 e. The van der Waals surface area contributed by atoms with Gasteiger partial charge in [0.1, 0.15) is 6.04 Å². The first-order valence-corrected chi connectivity index (χ1v) is 4.64. The number of piperazine rings is 1. The third-order valence-electron chi connectivity index (χ3n) is 2.96. The van der Waals surface area contributed by atoms with Gasteiger partial charge < -0.3 is 15.6 Å². The lowest BCUT2D eigenvalue weighted by molar-refractivity contribution is -0.882. The van der Waals surface area contributed by atoms with E-state index < -0.39 is 0 Å². The summed E-state index contributed by atoms with van der Waals surface area (Å²) in [4.78, 5) is 0. The molecule has 3 unspecified atom stereocenters. The Morgan fingerprint density at radius 2 is 2.09 bits per heavy atom. The van der Waals surface area contributed by atoms with Crippen molar-refractivity contribution < 1.29 is 5.06 Å². The molecule has 64 valence electrons. The van der Waals surface area contributed by atoms with Crippen LogP contribution in [0, 0.1) is 5.21 Å². The maximum absolute atomic E-state index is 11.4. The van der Waals surface area contributed by atoms with Crippen LogP contribution in [0.15, 0.2) is 0 Å². The lowest BCUT2D eigenvalue weighted by Gasteiger charge is -2.43. The Bertz CT molecular complexity index is 138. The molecule has 1 heterocycles. The lowest BCUT2D eigenvalue weighted by atomic mass is 9.89. The summed E-state index contributed by atoms with van der Waals surface area (Å²) in [7, 11) is 0. The van der Waals surface area contributed by atoms with Crippen LogP contribution in [0.1, 0.15) is 25.7 Å². The van der Waals surface area contributed by atoms with Gasteiger partial charge in [-0.15, -0.1) is 0 Å². The fourth-order valence-corrected chi connectivity index (χ4v) is 2.33. The molecule has 2 rings (SSSR count). The summed E-state index contributed by atoms with van der Waals surface area (Å²) in [6, 6.07) is 0.905. The highest BCUT2D eigenvalue weighted by molar-refractivity contribution is 4.83. The van der Waals surface area contributed by atoms with Gasteiger partial charge in [0.05, 0.1) is 12.6 Å². The molecule has 0 amide bonds. The predicted octanol–water partition coefficient (Wildman–Crippen LogP) is -0.716. The van der Waals surface area contributed by atoms with Crippen molar-refractivity contribution in [3.63, 3.8) is 0 Å². The minimum Gasteiger partial charge on any atom is -0.634 e. The van der Waals surface area contributed by atoms with Gasteiger partial charge in [-0.1, -0.05) is 6.42 Å². The largest absolute Gasteiger partial charge is 0.634 e. The van der Waals surface area contributed by atoms with Gasteiger partial charge in [-0.25, -0.2) is 0 Å². The second-order valence-corrected chi connectivity index (χ2v) is 3.67. The SMILES string of the molecule is [O-][NH+]1CCNC2CCCCC21. The third kappa shape index (κ3) is 1.41. The van der Waals surface area contributed by atoms with Crippen molar-refractivity contribution in [2.75, 3.05) is 13.1 Å². The fourth-order valence-electron chi connectivity index (χ4n) is 2.33. The highest BCUT2D eigenvalue weighted by atomic mass is 16.5. The molecular formula is C8H16N2O. The van der Waals surface area contributed by atoms with E-state index >= 15 is 0 Å². The van der Waals surface area contributed by atoms with Crippen LogP contribution >= 0.6 is 0 Å². The van der Waals surface area contributed by atoms with Gasteiger partial charge in [-0.3, -0.25) is 0 Å². The Morgan fingerprint density at radius 3 is 2.91 bits per heavy atom. The molecule has 11 heavy (non-hydrogen) atoms. The fraction of sp³-hybridized carbons (Fsp3) is 1.00. The molecule has 2 N–H and O–H groups in total. The van der Waals surface area contributed by atoms with E-state index in [-0.39, 0.29) is 0 Å². The molecule has 2 aliphatic rings. The molecular weight excluding hydrogens is 140 g/mol. The molecule has 1 saturated carbocycles. The average molecular weight is 156 g/mol. The monoisotopic (exact) mass is 156 g/mol. The summed E-state index contributed by atoms with van der Waals surface area (Å²) in [5.41, 5.74) is 0. The summed E-state index contributed by atoms with van der Waals surface area (Å²) in [6.45, 7) is 1.68. The van der Waals surface area contributed by atoms with Gasteiger partial charge in [0.2, 0.25) is 0 Å². The van der Waals surface area contributed by atoms with Gasteiger partial charge in [-0.05, 0) is 12.8 Å². The van der Waals surface area contributed by atoms with Gasteiger partial charge >= 0.3 is 0 Å². The van der Waals surface area contributed by atoms with E-state index in [1.165, 1.54) is 19.3 Å². The Morgan fingerprint density at radius 1 is 1.27 bits per heavy atom. The number of hydrogen-bond acceptors (Lipinski definition) is 2. The van der Waals surface area contributed by atoms with E-state index in [1.54, 1.807) is 0 Å². The summed E-state index contributed by atoms with van der Waals surface area (Å²) in [5, 5.41) is 15.3. The van der Waals surface area contributed by atoms with E-state index in [9.17, 15) is 5.21 Å². The first kappa shape index (κ1) is 7.53. The Kier molecular flexibility index (Phi) is 2.11. The number of quaternary nitrogens is 1. The topological polar surface area (TPSA) is 39.5 Å². The highest BCUT2D eigenvalue weighted by Crippen LogP contribution is 2.17. The number of hydrogen-bond donors (Lipinski definition) is 2. The molecule has 0 spiro atoms. The van der Waals surface area contributed by atoms with Crippen LogP contribution in [0.5, 0.6) is 0 Å². The molecule has 0 aromatic rings. The van der Waals surface area contributed by atoms with Gasteiger partial charge in [-0.2, -0.15) is 0 Å². The molecule has 3 heteroatoms. The van der Waals surface area contributed by atoms with Gasteiger partial charge in [0.25, 0.3) is 0 Å². The zero-order valence-corrected chi connectivity index (χ0v) is 6.81. The standard InChI is InChI=1S/C8H16N2O/c11-10-6-5-9-7-3-1-2-4-8(7)10/h7-10H,1-6H2. The van der Waals surface area contributed by atoms with Gasteiger partial charge in [0, 0.05) is 13.0 Å². The Hall–Kier alpha value is -0.120. The zero-order chi connectivity index (χ0) is 7.68. The number of nitrogens with one attached hydrogen (secondary N) is 2. The first-order valence-electron chi connectivity index (χ1n) is 4.64. The van der Waals surface area contributed by atoms with E-state index in [0.717, 1.165) is 19.5 Å². The van der Waals surface area contributed by atoms with Crippen molar-refractivity contribution in [1.29, 1.82) is 0 Å². The molecule has 3 atom stereocenters. The predicted molar refractivity (Wildman–Crippen MR) is 43.2 cm³/mol. The van der Waals surface area contributed by atoms with E-state index in [4.69, 9.17) is 0 Å². The lowest BCUT2D eigenvalue weighted by Crippen LogP contribution is -3.15. The van der Waals surface area contributed by atoms with Crippen LogP contribution in [-0.4, -0.2) is 25.2 Å². The highest BCUT2D eigenvalue weighted by Gasteiger charge is 2.32. The molecule has 1 saturated heterocycles. The van der Waals surface area contributed by atoms with Crippen LogP contribution in [0.3, 0.4) is 0 Å². The van der Waals surface area contributed by atoms with Crippen LogP contribution in [0.2, 0.25) is 0 Å². The zero-order valence-electron chi connectivity index (χ0n) is 6.81. The molecule has 0 aromatic heterocycles. The molecule has 0 aromatic carbocycles. The maximum atomic E-state index is 11.4. The molecule has 3 nitrogen and oxygen atoms in total. The second-order valence-electron chi connectivity index (χ2n) is 3.67. The third-order valence-corrected chi connectivity index (χ3v) is 2.96. The summed E-state index contributed by atoms with van der Waals surface area (Å²) in [6.07, 6.45) is 4.92. The molecule has 0 radical (unpaired) electrons. The van der Waals surface area contributed by atoms with Crippen LogP contribution in [0.25, 0.3) is 0 Å². The van der Waals surface area contributed by atoms with Crippen molar-refractivity contribution in [3.8, 4) is 0 Å². The number of hydroxylamine groups is 2. The summed E-state index contributed by atoms with van der Waals surface area (Å²) < 4.78 is 0. The first-order chi connectivity index (χ1) is 5.38. The minimum atomic E-state index is 0.373. The van der Waals surface area contributed by atoms with Crippen LogP contribution in [-0.2, 0) is 0 Å². The van der Waals surface area contributed by atoms with Crippen molar-refractivity contribution in [2.45, 2.75) is 37.8 Å². The molecule has 2 fully saturated rings. The summed E-state index contributed by atoms with van der Waals surface area (Å²) >= 11 is 0. The normalized spacial score (nSPS) is 45.0. The quantitative estimate of drug-likeness (QED) is 0.454. The number of rotatable bonds is 0. The Balaban J connectivity index is 1.99. The van der Waals surface area contributed by atoms with Crippen LogP contribution < -0.4 is 10.4 Å². The second kappa shape index (κ2) is 3.09. The molecule has 1 aliphatic heterocycles. The van der Waals surface area contributed by atoms with Crippen molar-refractivity contribution in [1.82, 2.24) is 5.32 Å². The maximum Gasteiger partial charge on any atom is 0.103 e. The molecule has 1 aliphatic carbocycles. The van der Waals surface area contributed by atoms with E-state index in [1.807, 2.05) is 0 Å². The summed E-state index contributed by atoms with van der Waals surface area (Å²) in [5.74, 6) is 0. The molecule has 0 bridgehead atoms. The van der Waals surface area contributed by atoms with Crippen molar-refractivity contribution >= 4 is 0 Å².